The van der Waals surface area contributed by atoms with Crippen LogP contribution < -0.4 is 9.88 Å². The molecule has 0 spiro atoms. The van der Waals surface area contributed by atoms with Crippen LogP contribution in [0.3, 0.4) is 0 Å². The molecule has 1 aromatic rings. The van der Waals surface area contributed by atoms with Gasteiger partial charge in [-0.25, -0.2) is 13.6 Å². The molecule has 17 heavy (non-hydrogen) atoms. The minimum absolute atomic E-state index is 0.114. The maximum atomic E-state index is 11.2. The van der Waals surface area contributed by atoms with Gasteiger partial charge >= 0.3 is 0 Å². The highest BCUT2D eigenvalue weighted by Gasteiger charge is 2.13. The number of ether oxygens (including phenoxy) is 1. The zero-order valence-electron chi connectivity index (χ0n) is 10.1. The zero-order chi connectivity index (χ0) is 13.1. The Labute approximate surface area is 102 Å². The Kier molecular flexibility index (Phi) is 4.31. The lowest BCUT2D eigenvalue weighted by Gasteiger charge is -2.12. The van der Waals surface area contributed by atoms with E-state index in [-0.39, 0.29) is 4.90 Å². The molecule has 0 aliphatic carbocycles. The second-order valence-electron chi connectivity index (χ2n) is 3.86. The van der Waals surface area contributed by atoms with E-state index in [2.05, 4.69) is 6.58 Å². The van der Waals surface area contributed by atoms with Gasteiger partial charge < -0.3 is 4.74 Å². The van der Waals surface area contributed by atoms with E-state index in [9.17, 15) is 8.42 Å². The molecule has 0 aliphatic heterocycles. The average Bonchev–Trinajstić information content (AvgIpc) is 2.20. The molecule has 0 atom stereocenters. The van der Waals surface area contributed by atoms with Gasteiger partial charge in [0.25, 0.3) is 0 Å². The van der Waals surface area contributed by atoms with Crippen LogP contribution in [-0.4, -0.2) is 15.0 Å². The molecule has 0 fully saturated rings. The average molecular weight is 255 g/mol. The molecule has 0 heterocycles. The van der Waals surface area contributed by atoms with E-state index in [1.54, 1.807) is 19.9 Å². The molecule has 1 aromatic carbocycles. The molecular formula is C12H17NO3S. The largest absolute Gasteiger partial charge is 0.493 e. The lowest BCUT2D eigenvalue weighted by Crippen LogP contribution is -2.13. The normalized spacial score (nSPS) is 11.2. The molecule has 0 bridgehead atoms. The van der Waals surface area contributed by atoms with E-state index in [0.717, 1.165) is 17.5 Å². The molecule has 0 amide bonds. The van der Waals surface area contributed by atoms with Crippen molar-refractivity contribution in [2.24, 2.45) is 5.14 Å². The van der Waals surface area contributed by atoms with E-state index in [4.69, 9.17) is 9.88 Å². The maximum absolute atomic E-state index is 11.2. The van der Waals surface area contributed by atoms with Crippen LogP contribution in [0.4, 0.5) is 0 Å². The number of aryl methyl sites for hydroxylation is 2. The first-order chi connectivity index (χ1) is 7.86. The van der Waals surface area contributed by atoms with Crippen LogP contribution >= 0.6 is 0 Å². The summed E-state index contributed by atoms with van der Waals surface area (Å²) in [4.78, 5) is 0.114. The van der Waals surface area contributed by atoms with Crippen LogP contribution in [0.25, 0.3) is 0 Å². The highest BCUT2D eigenvalue weighted by atomic mass is 32.2. The molecule has 4 nitrogen and oxygen atoms in total. The summed E-state index contributed by atoms with van der Waals surface area (Å²) in [5.74, 6) is 0.708. The Morgan fingerprint density at radius 3 is 2.29 bits per heavy atom. The van der Waals surface area contributed by atoms with Crippen molar-refractivity contribution >= 4 is 10.0 Å². The summed E-state index contributed by atoms with van der Waals surface area (Å²) in [6.07, 6.45) is 2.51. The predicted octanol–water partition coefficient (Wildman–Crippen LogP) is 1.91. The van der Waals surface area contributed by atoms with Crippen molar-refractivity contribution in [3.8, 4) is 5.75 Å². The maximum Gasteiger partial charge on any atom is 0.238 e. The number of benzene rings is 1. The summed E-state index contributed by atoms with van der Waals surface area (Å²) in [5.41, 5.74) is 1.52. The highest BCUT2D eigenvalue weighted by Crippen LogP contribution is 2.26. The van der Waals surface area contributed by atoms with Gasteiger partial charge in [-0.15, -0.1) is 6.58 Å². The Bertz CT molecular complexity index is 498. The summed E-state index contributed by atoms with van der Waals surface area (Å²) in [5, 5.41) is 5.08. The summed E-state index contributed by atoms with van der Waals surface area (Å²) in [6, 6.07) is 3.04. The molecule has 1 rings (SSSR count). The number of hydrogen-bond donors (Lipinski definition) is 1. The van der Waals surface area contributed by atoms with Crippen LogP contribution in [0.2, 0.25) is 0 Å². The predicted molar refractivity (Wildman–Crippen MR) is 67.6 cm³/mol. The van der Waals surface area contributed by atoms with Crippen molar-refractivity contribution < 1.29 is 13.2 Å². The molecule has 0 aliphatic rings. The third-order valence-electron chi connectivity index (χ3n) is 2.33. The van der Waals surface area contributed by atoms with Gasteiger partial charge in [0.05, 0.1) is 11.5 Å². The SMILES string of the molecule is C=CCCOc1c(C)cc(S(N)(=O)=O)cc1C. The minimum Gasteiger partial charge on any atom is -0.493 e. The van der Waals surface area contributed by atoms with Crippen LogP contribution in [0.15, 0.2) is 29.7 Å². The van der Waals surface area contributed by atoms with Gasteiger partial charge in [-0.1, -0.05) is 6.08 Å². The Hall–Kier alpha value is -1.33. The monoisotopic (exact) mass is 255 g/mol. The molecule has 0 saturated carbocycles. The quantitative estimate of drug-likeness (QED) is 0.645. The lowest BCUT2D eigenvalue weighted by atomic mass is 10.1. The first-order valence-corrected chi connectivity index (χ1v) is 6.78. The van der Waals surface area contributed by atoms with Crippen LogP contribution in [0.1, 0.15) is 17.5 Å². The van der Waals surface area contributed by atoms with Gasteiger partial charge in [0.1, 0.15) is 5.75 Å². The van der Waals surface area contributed by atoms with Crippen LogP contribution in [-0.2, 0) is 10.0 Å². The fourth-order valence-electron chi connectivity index (χ4n) is 1.55. The number of rotatable bonds is 5. The van der Waals surface area contributed by atoms with Gasteiger partial charge in [0.2, 0.25) is 10.0 Å². The molecular weight excluding hydrogens is 238 g/mol. The van der Waals surface area contributed by atoms with Crippen molar-refractivity contribution in [3.05, 3.63) is 35.9 Å². The van der Waals surface area contributed by atoms with Gasteiger partial charge in [0, 0.05) is 0 Å². The van der Waals surface area contributed by atoms with Crippen molar-refractivity contribution in [2.75, 3.05) is 6.61 Å². The van der Waals surface area contributed by atoms with Crippen LogP contribution in [0.5, 0.6) is 5.75 Å². The smallest absolute Gasteiger partial charge is 0.238 e. The third kappa shape index (κ3) is 3.57. The summed E-state index contributed by atoms with van der Waals surface area (Å²) in [7, 11) is -3.66. The molecule has 0 radical (unpaired) electrons. The van der Waals surface area contributed by atoms with Gasteiger partial charge in [-0.3, -0.25) is 0 Å². The van der Waals surface area contributed by atoms with E-state index < -0.39 is 10.0 Å². The van der Waals surface area contributed by atoms with Gasteiger partial charge in [0.15, 0.2) is 0 Å². The topological polar surface area (TPSA) is 69.4 Å². The van der Waals surface area contributed by atoms with Crippen molar-refractivity contribution in [1.29, 1.82) is 0 Å². The van der Waals surface area contributed by atoms with Gasteiger partial charge in [-0.05, 0) is 43.5 Å². The second kappa shape index (κ2) is 5.33. The first kappa shape index (κ1) is 13.7. The first-order valence-electron chi connectivity index (χ1n) is 5.24. The fraction of sp³-hybridized carbons (Fsp3) is 0.333. The molecule has 0 saturated heterocycles. The van der Waals surface area contributed by atoms with Gasteiger partial charge in [-0.2, -0.15) is 0 Å². The zero-order valence-corrected chi connectivity index (χ0v) is 10.9. The molecule has 94 valence electrons. The van der Waals surface area contributed by atoms with Crippen molar-refractivity contribution in [2.45, 2.75) is 25.2 Å². The van der Waals surface area contributed by atoms with E-state index in [1.165, 1.54) is 12.1 Å². The summed E-state index contributed by atoms with van der Waals surface area (Å²) >= 11 is 0. The Balaban J connectivity index is 3.07. The highest BCUT2D eigenvalue weighted by molar-refractivity contribution is 7.89. The van der Waals surface area contributed by atoms with Crippen molar-refractivity contribution in [3.63, 3.8) is 0 Å². The number of nitrogens with two attached hydrogens (primary N) is 1. The van der Waals surface area contributed by atoms with Crippen LogP contribution in [0, 0.1) is 13.8 Å². The number of hydrogen-bond acceptors (Lipinski definition) is 3. The standard InChI is InChI=1S/C12H17NO3S/c1-4-5-6-16-12-9(2)7-11(8-10(12)3)17(13,14)15/h4,7-8H,1,5-6H2,2-3H3,(H2,13,14,15). The van der Waals surface area contributed by atoms with Crippen molar-refractivity contribution in [1.82, 2.24) is 0 Å². The van der Waals surface area contributed by atoms with E-state index >= 15 is 0 Å². The lowest BCUT2D eigenvalue weighted by molar-refractivity contribution is 0.320. The fourth-order valence-corrected chi connectivity index (χ4v) is 2.23. The van der Waals surface area contributed by atoms with E-state index in [1.807, 2.05) is 0 Å². The molecule has 5 heteroatoms. The Morgan fingerprint density at radius 1 is 1.35 bits per heavy atom. The molecule has 0 aromatic heterocycles. The summed E-state index contributed by atoms with van der Waals surface area (Å²) in [6.45, 7) is 7.73. The van der Waals surface area contributed by atoms with E-state index in [0.29, 0.717) is 12.4 Å². The molecule has 2 N–H and O–H groups in total. The number of primary sulfonamides is 1. The third-order valence-corrected chi connectivity index (χ3v) is 3.22. The Morgan fingerprint density at radius 2 is 1.88 bits per heavy atom. The number of sulfonamides is 1. The summed E-state index contributed by atoms with van der Waals surface area (Å²) < 4.78 is 28.0. The molecule has 0 unspecified atom stereocenters. The second-order valence-corrected chi connectivity index (χ2v) is 5.42. The minimum atomic E-state index is -3.66.